The molecule has 6 rings (SSSR count). The number of benzene rings is 3. The maximum absolute atomic E-state index is 13.6. The lowest BCUT2D eigenvalue weighted by atomic mass is 9.74. The first-order valence-electron chi connectivity index (χ1n) is 10.2. The third-order valence-corrected chi connectivity index (χ3v) is 6.25. The van der Waals surface area contributed by atoms with Crippen molar-refractivity contribution in [3.05, 3.63) is 118 Å². The molecule has 2 aliphatic carbocycles. The van der Waals surface area contributed by atoms with Crippen molar-refractivity contribution in [2.24, 2.45) is 0 Å². The summed E-state index contributed by atoms with van der Waals surface area (Å²) in [4.78, 5) is 40.5. The van der Waals surface area contributed by atoms with Crippen LogP contribution in [0.3, 0.4) is 0 Å². The van der Waals surface area contributed by atoms with Gasteiger partial charge in [0.05, 0.1) is 18.3 Å². The van der Waals surface area contributed by atoms with Crippen molar-refractivity contribution in [3.63, 3.8) is 0 Å². The number of ketones is 3. The van der Waals surface area contributed by atoms with E-state index in [0.29, 0.717) is 39.3 Å². The zero-order valence-electron chi connectivity index (χ0n) is 17.0. The number of rotatable bonds is 2. The molecular weight excluding hydrogens is 404 g/mol. The number of ether oxygens (including phenoxy) is 2. The summed E-state index contributed by atoms with van der Waals surface area (Å²) in [6.45, 7) is 0. The van der Waals surface area contributed by atoms with Crippen molar-refractivity contribution in [1.29, 1.82) is 0 Å². The van der Waals surface area contributed by atoms with Gasteiger partial charge in [0.25, 0.3) is 0 Å². The number of hydrogen-bond acceptors (Lipinski definition) is 5. The molecule has 3 aromatic carbocycles. The molecule has 0 fully saturated rings. The fraction of sp³-hybridized carbons (Fsp3) is 0.0741. The van der Waals surface area contributed by atoms with E-state index in [9.17, 15) is 14.4 Å². The first-order valence-corrected chi connectivity index (χ1v) is 10.2. The van der Waals surface area contributed by atoms with E-state index in [2.05, 4.69) is 0 Å². The van der Waals surface area contributed by atoms with Crippen LogP contribution in [0.15, 0.2) is 89.7 Å². The van der Waals surface area contributed by atoms with Gasteiger partial charge in [0, 0.05) is 28.2 Å². The second kappa shape index (κ2) is 6.62. The number of Topliss-reactive ketones (excluding diaryl/α,β-unsaturated/α-hetero) is 3. The molecule has 1 aliphatic heterocycles. The summed E-state index contributed by atoms with van der Waals surface area (Å²) in [7, 11) is 1.57. The lowest BCUT2D eigenvalue weighted by Gasteiger charge is -2.32. The predicted octanol–water partition coefficient (Wildman–Crippen LogP) is 4.75. The minimum atomic E-state index is -0.718. The minimum absolute atomic E-state index is 0.00206. The average molecular weight is 420 g/mol. The maximum Gasteiger partial charge on any atom is 0.229 e. The van der Waals surface area contributed by atoms with Crippen molar-refractivity contribution in [2.75, 3.05) is 7.11 Å². The Balaban J connectivity index is 1.62. The van der Waals surface area contributed by atoms with Crippen LogP contribution in [0.25, 0.3) is 5.76 Å². The SMILES string of the molecule is COc1ccc(C2C3=C(OC4=C2C(=O)c2ccccc24)C(=O)c2ccccc2C3=O)cc1. The molecule has 0 radical (unpaired) electrons. The number of carbonyl (C=O) groups is 3. The maximum atomic E-state index is 13.6. The molecule has 0 saturated heterocycles. The third kappa shape index (κ3) is 2.36. The zero-order chi connectivity index (χ0) is 22.0. The van der Waals surface area contributed by atoms with Crippen LogP contribution < -0.4 is 4.74 Å². The van der Waals surface area contributed by atoms with Gasteiger partial charge >= 0.3 is 0 Å². The van der Waals surface area contributed by atoms with E-state index in [1.165, 1.54) is 0 Å². The van der Waals surface area contributed by atoms with Gasteiger partial charge < -0.3 is 9.47 Å². The van der Waals surface area contributed by atoms with E-state index in [4.69, 9.17) is 9.47 Å². The van der Waals surface area contributed by atoms with E-state index in [1.807, 2.05) is 18.2 Å². The summed E-state index contributed by atoms with van der Waals surface area (Å²) in [6, 6.07) is 21.1. The highest BCUT2D eigenvalue weighted by Gasteiger charge is 2.48. The molecule has 154 valence electrons. The van der Waals surface area contributed by atoms with Gasteiger partial charge in [-0.1, -0.05) is 60.7 Å². The fourth-order valence-electron chi connectivity index (χ4n) is 4.76. The Morgan fingerprint density at radius 2 is 1.12 bits per heavy atom. The number of methoxy groups -OCH3 is 1. The Morgan fingerprint density at radius 3 is 1.72 bits per heavy atom. The van der Waals surface area contributed by atoms with Crippen LogP contribution in [0.4, 0.5) is 0 Å². The Hall–Kier alpha value is -4.25. The van der Waals surface area contributed by atoms with Gasteiger partial charge in [0.15, 0.2) is 17.3 Å². The molecule has 0 bridgehead atoms. The molecule has 1 heterocycles. The van der Waals surface area contributed by atoms with Gasteiger partial charge in [0.1, 0.15) is 11.5 Å². The summed E-state index contributed by atoms with van der Waals surface area (Å²) in [5, 5.41) is 0. The molecule has 32 heavy (non-hydrogen) atoms. The molecule has 5 nitrogen and oxygen atoms in total. The lowest BCUT2D eigenvalue weighted by Crippen LogP contribution is -2.31. The van der Waals surface area contributed by atoms with Gasteiger partial charge in [-0.3, -0.25) is 14.4 Å². The first-order chi connectivity index (χ1) is 15.6. The Morgan fingerprint density at radius 1 is 0.625 bits per heavy atom. The number of hydrogen-bond donors (Lipinski definition) is 0. The standard InChI is InChI=1S/C27H16O5/c1-31-15-12-10-14(11-13-15)20-21-24(29)18-8-4-5-9-19(18)26(21)32-27-22(20)23(28)16-6-2-3-7-17(16)25(27)30/h2-13,20H,1H3. The van der Waals surface area contributed by atoms with Gasteiger partial charge in [0.2, 0.25) is 5.78 Å². The Bertz CT molecular complexity index is 1420. The summed E-state index contributed by atoms with van der Waals surface area (Å²) < 4.78 is 11.4. The normalized spacial score (nSPS) is 18.7. The van der Waals surface area contributed by atoms with Crippen molar-refractivity contribution >= 4 is 23.1 Å². The second-order valence-corrected chi connectivity index (χ2v) is 7.87. The van der Waals surface area contributed by atoms with E-state index in [0.717, 1.165) is 5.56 Å². The van der Waals surface area contributed by atoms with E-state index < -0.39 is 5.92 Å². The molecule has 1 unspecified atom stereocenters. The van der Waals surface area contributed by atoms with Crippen LogP contribution >= 0.6 is 0 Å². The van der Waals surface area contributed by atoms with Crippen LogP contribution in [-0.2, 0) is 4.74 Å². The van der Waals surface area contributed by atoms with Crippen LogP contribution in [0.2, 0.25) is 0 Å². The molecule has 0 aromatic heterocycles. The summed E-state index contributed by atoms with van der Waals surface area (Å²) in [5.41, 5.74) is 3.09. The van der Waals surface area contributed by atoms with Crippen molar-refractivity contribution in [2.45, 2.75) is 5.92 Å². The zero-order valence-corrected chi connectivity index (χ0v) is 17.0. The fourth-order valence-corrected chi connectivity index (χ4v) is 4.76. The second-order valence-electron chi connectivity index (χ2n) is 7.87. The van der Waals surface area contributed by atoms with Crippen LogP contribution in [-0.4, -0.2) is 24.5 Å². The van der Waals surface area contributed by atoms with Gasteiger partial charge in [-0.2, -0.15) is 0 Å². The highest BCUT2D eigenvalue weighted by molar-refractivity contribution is 6.30. The molecule has 0 spiro atoms. The van der Waals surface area contributed by atoms with Gasteiger partial charge in [-0.15, -0.1) is 0 Å². The average Bonchev–Trinajstić information content (AvgIpc) is 3.13. The largest absolute Gasteiger partial charge is 0.497 e. The van der Waals surface area contributed by atoms with E-state index in [1.54, 1.807) is 61.7 Å². The molecule has 3 aliphatic rings. The summed E-state index contributed by atoms with van der Waals surface area (Å²) in [6.07, 6.45) is 0. The first kappa shape index (κ1) is 18.5. The number of fused-ring (bicyclic) bond motifs is 3. The number of allylic oxidation sites excluding steroid dienone is 3. The quantitative estimate of drug-likeness (QED) is 0.598. The molecule has 0 saturated carbocycles. The molecular formula is C27H16O5. The van der Waals surface area contributed by atoms with E-state index >= 15 is 0 Å². The molecule has 1 atom stereocenters. The molecule has 0 amide bonds. The summed E-state index contributed by atoms with van der Waals surface area (Å²) in [5.74, 6) is -0.556. The van der Waals surface area contributed by atoms with Crippen LogP contribution in [0, 0.1) is 0 Å². The predicted molar refractivity (Wildman–Crippen MR) is 117 cm³/mol. The smallest absolute Gasteiger partial charge is 0.229 e. The molecule has 3 aromatic rings. The van der Waals surface area contributed by atoms with Crippen LogP contribution in [0.1, 0.15) is 48.1 Å². The monoisotopic (exact) mass is 420 g/mol. The topological polar surface area (TPSA) is 69.7 Å². The minimum Gasteiger partial charge on any atom is -0.497 e. The Labute approximate surface area is 183 Å². The highest BCUT2D eigenvalue weighted by Crippen LogP contribution is 2.51. The van der Waals surface area contributed by atoms with Gasteiger partial charge in [-0.25, -0.2) is 0 Å². The van der Waals surface area contributed by atoms with E-state index in [-0.39, 0.29) is 28.7 Å². The van der Waals surface area contributed by atoms with Crippen LogP contribution in [0.5, 0.6) is 5.75 Å². The summed E-state index contributed by atoms with van der Waals surface area (Å²) >= 11 is 0. The highest BCUT2D eigenvalue weighted by atomic mass is 16.5. The molecule has 5 heteroatoms. The number of carbonyl (C=O) groups excluding carboxylic acids is 3. The van der Waals surface area contributed by atoms with Crippen molar-refractivity contribution in [1.82, 2.24) is 0 Å². The van der Waals surface area contributed by atoms with Crippen molar-refractivity contribution < 1.29 is 23.9 Å². The van der Waals surface area contributed by atoms with Crippen molar-refractivity contribution in [3.8, 4) is 5.75 Å². The lowest BCUT2D eigenvalue weighted by molar-refractivity contribution is 0.0913. The molecule has 0 N–H and O–H groups in total. The Kier molecular flexibility index (Phi) is 3.83. The third-order valence-electron chi connectivity index (χ3n) is 6.25. The van der Waals surface area contributed by atoms with Gasteiger partial charge in [-0.05, 0) is 17.7 Å².